The van der Waals surface area contributed by atoms with Gasteiger partial charge in [0.25, 0.3) is 0 Å². The normalized spacial score (nSPS) is 11.2. The smallest absolute Gasteiger partial charge is 0.466 e. The lowest BCUT2D eigenvalue weighted by Crippen LogP contribution is -1.96. The van der Waals surface area contributed by atoms with Crippen LogP contribution in [0.25, 0.3) is 23.2 Å². The molecule has 1 heterocycles. The zero-order valence-corrected chi connectivity index (χ0v) is 16.3. The van der Waals surface area contributed by atoms with Crippen molar-refractivity contribution in [3.63, 3.8) is 0 Å². The fraction of sp³-hybridized carbons (Fsp3) is 0.111. The SMILES string of the molecule is COc1ccc(/C=C/c2nc3c(C(=O)O)cccc3[nH]2)cc1OC.O=P(O)(O)O. The van der Waals surface area contributed by atoms with Crippen molar-refractivity contribution in [2.75, 3.05) is 14.2 Å². The number of carboxylic acids is 1. The average molecular weight is 422 g/mol. The van der Waals surface area contributed by atoms with E-state index >= 15 is 0 Å². The van der Waals surface area contributed by atoms with Crippen molar-refractivity contribution < 1.29 is 38.6 Å². The predicted molar refractivity (Wildman–Crippen MR) is 106 cm³/mol. The third-order valence-corrected chi connectivity index (χ3v) is 3.60. The number of benzene rings is 2. The molecule has 3 rings (SSSR count). The lowest BCUT2D eigenvalue weighted by atomic mass is 10.2. The van der Waals surface area contributed by atoms with Gasteiger partial charge in [-0.15, -0.1) is 0 Å². The Balaban J connectivity index is 0.000000537. The second kappa shape index (κ2) is 9.35. The van der Waals surface area contributed by atoms with Gasteiger partial charge in [-0.1, -0.05) is 18.2 Å². The number of phosphoric acid groups is 1. The Morgan fingerprint density at radius 3 is 2.31 bits per heavy atom. The monoisotopic (exact) mass is 422 g/mol. The van der Waals surface area contributed by atoms with Gasteiger partial charge in [0.1, 0.15) is 11.3 Å². The number of H-pyrrole nitrogens is 1. The molecule has 0 amide bonds. The molecule has 0 saturated heterocycles. The molecule has 5 N–H and O–H groups in total. The topological polar surface area (TPSA) is 162 Å². The van der Waals surface area contributed by atoms with Crippen molar-refractivity contribution in [1.82, 2.24) is 9.97 Å². The summed E-state index contributed by atoms with van der Waals surface area (Å²) < 4.78 is 19.4. The summed E-state index contributed by atoms with van der Waals surface area (Å²) in [7, 11) is -1.47. The van der Waals surface area contributed by atoms with Crippen LogP contribution in [0.1, 0.15) is 21.7 Å². The van der Waals surface area contributed by atoms with Gasteiger partial charge in [-0.25, -0.2) is 14.3 Å². The first-order chi connectivity index (χ1) is 13.6. The van der Waals surface area contributed by atoms with Crippen LogP contribution in [-0.2, 0) is 4.57 Å². The number of carbonyl (C=O) groups is 1. The lowest BCUT2D eigenvalue weighted by molar-refractivity contribution is 0.0698. The van der Waals surface area contributed by atoms with Crippen LogP contribution in [0.3, 0.4) is 0 Å². The van der Waals surface area contributed by atoms with Crippen molar-refractivity contribution in [3.8, 4) is 11.5 Å². The van der Waals surface area contributed by atoms with E-state index in [0.29, 0.717) is 28.4 Å². The molecular weight excluding hydrogens is 403 g/mol. The van der Waals surface area contributed by atoms with Crippen molar-refractivity contribution in [2.24, 2.45) is 0 Å². The summed E-state index contributed by atoms with van der Waals surface area (Å²) in [5.74, 6) is 0.873. The van der Waals surface area contributed by atoms with Gasteiger partial charge in [-0.05, 0) is 35.9 Å². The highest BCUT2D eigenvalue weighted by Crippen LogP contribution is 2.28. The summed E-state index contributed by atoms with van der Waals surface area (Å²) in [4.78, 5) is 40.2. The number of imidazole rings is 1. The minimum Gasteiger partial charge on any atom is -0.493 e. The number of para-hydroxylation sites is 1. The van der Waals surface area contributed by atoms with Crippen molar-refractivity contribution in [1.29, 1.82) is 0 Å². The largest absolute Gasteiger partial charge is 0.493 e. The number of hydrogen-bond acceptors (Lipinski definition) is 5. The maximum absolute atomic E-state index is 11.2. The highest BCUT2D eigenvalue weighted by atomic mass is 31.2. The average Bonchev–Trinajstić information content (AvgIpc) is 3.07. The first-order valence-corrected chi connectivity index (χ1v) is 9.59. The molecule has 0 aliphatic carbocycles. The predicted octanol–water partition coefficient (Wildman–Crippen LogP) is 2.52. The number of nitrogens with zero attached hydrogens (tertiary/aromatic N) is 1. The van der Waals surface area contributed by atoms with Gasteiger partial charge in [-0.3, -0.25) is 0 Å². The number of methoxy groups -OCH3 is 2. The van der Waals surface area contributed by atoms with E-state index in [0.717, 1.165) is 5.56 Å². The zero-order chi connectivity index (χ0) is 21.6. The highest BCUT2D eigenvalue weighted by Gasteiger charge is 2.11. The third kappa shape index (κ3) is 6.44. The second-order valence-electron chi connectivity index (χ2n) is 5.59. The number of fused-ring (bicyclic) bond motifs is 1. The van der Waals surface area contributed by atoms with Crippen LogP contribution in [-0.4, -0.2) is 49.9 Å². The number of nitrogens with one attached hydrogen (secondary N) is 1. The summed E-state index contributed by atoms with van der Waals surface area (Å²) in [5, 5.41) is 9.21. The summed E-state index contributed by atoms with van der Waals surface area (Å²) in [6.07, 6.45) is 3.65. The molecule has 2 aromatic carbocycles. The molecule has 1 aromatic heterocycles. The van der Waals surface area contributed by atoms with Crippen LogP contribution in [0.5, 0.6) is 11.5 Å². The fourth-order valence-electron chi connectivity index (χ4n) is 2.43. The van der Waals surface area contributed by atoms with Crippen LogP contribution < -0.4 is 9.47 Å². The number of aromatic carboxylic acids is 1. The van der Waals surface area contributed by atoms with E-state index in [1.807, 2.05) is 24.3 Å². The number of aromatic amines is 1. The van der Waals surface area contributed by atoms with Crippen LogP contribution in [0.15, 0.2) is 36.4 Å². The molecule has 0 aliphatic heterocycles. The van der Waals surface area contributed by atoms with Gasteiger partial charge in [0.2, 0.25) is 0 Å². The van der Waals surface area contributed by atoms with Gasteiger partial charge >= 0.3 is 13.8 Å². The number of aromatic nitrogens is 2. The first-order valence-electron chi connectivity index (χ1n) is 8.02. The first kappa shape index (κ1) is 22.1. The number of carboxylic acid groups (broad SMARTS) is 1. The van der Waals surface area contributed by atoms with E-state index in [1.54, 1.807) is 32.4 Å². The molecule has 0 unspecified atom stereocenters. The third-order valence-electron chi connectivity index (χ3n) is 3.60. The molecule has 10 nitrogen and oxygen atoms in total. The molecule has 0 bridgehead atoms. The molecule has 0 spiro atoms. The van der Waals surface area contributed by atoms with Crippen molar-refractivity contribution in [3.05, 3.63) is 53.3 Å². The number of ether oxygens (including phenoxy) is 2. The lowest BCUT2D eigenvalue weighted by Gasteiger charge is -2.07. The zero-order valence-electron chi connectivity index (χ0n) is 15.4. The highest BCUT2D eigenvalue weighted by molar-refractivity contribution is 7.45. The standard InChI is InChI=1S/C18H16N2O4.H3O4P/c1-23-14-8-6-11(10-15(14)24-2)7-9-16-19-13-5-3-4-12(18(21)22)17(13)20-16;1-5(2,3)4/h3-10H,1-2H3,(H,19,20)(H,21,22);(H3,1,2,3,4)/b9-7+;. The molecule has 29 heavy (non-hydrogen) atoms. The molecule has 0 atom stereocenters. The minimum atomic E-state index is -4.64. The molecule has 0 saturated carbocycles. The van der Waals surface area contributed by atoms with Crippen LogP contribution in [0.2, 0.25) is 0 Å². The van der Waals surface area contributed by atoms with Gasteiger partial charge in [0.05, 0.1) is 25.3 Å². The Hall–Kier alpha value is -3.17. The van der Waals surface area contributed by atoms with E-state index < -0.39 is 13.8 Å². The van der Waals surface area contributed by atoms with E-state index in [4.69, 9.17) is 28.7 Å². The Morgan fingerprint density at radius 2 is 1.72 bits per heavy atom. The Bertz CT molecular complexity index is 1080. The molecule has 0 fully saturated rings. The molecule has 154 valence electrons. The Labute approximate surface area is 165 Å². The summed E-state index contributed by atoms with van der Waals surface area (Å²) >= 11 is 0. The molecule has 3 aromatic rings. The maximum Gasteiger partial charge on any atom is 0.466 e. The van der Waals surface area contributed by atoms with E-state index in [-0.39, 0.29) is 5.56 Å². The molecule has 11 heteroatoms. The summed E-state index contributed by atoms with van der Waals surface area (Å²) in [6.45, 7) is 0. The molecular formula is C18H19N2O8P. The van der Waals surface area contributed by atoms with Crippen LogP contribution >= 0.6 is 7.82 Å². The Kier molecular flexibility index (Phi) is 7.13. The minimum absolute atomic E-state index is 0.175. The summed E-state index contributed by atoms with van der Waals surface area (Å²) in [5.41, 5.74) is 2.21. The quantitative estimate of drug-likeness (QED) is 0.389. The second-order valence-corrected chi connectivity index (χ2v) is 6.62. The van der Waals surface area contributed by atoms with Crippen molar-refractivity contribution in [2.45, 2.75) is 0 Å². The van der Waals surface area contributed by atoms with Crippen LogP contribution in [0.4, 0.5) is 0 Å². The molecule has 0 aliphatic rings. The summed E-state index contributed by atoms with van der Waals surface area (Å²) in [6, 6.07) is 10.6. The fourth-order valence-corrected chi connectivity index (χ4v) is 2.43. The van der Waals surface area contributed by atoms with Gasteiger partial charge < -0.3 is 34.2 Å². The molecule has 0 radical (unpaired) electrons. The van der Waals surface area contributed by atoms with E-state index in [9.17, 15) is 9.90 Å². The number of hydrogen-bond donors (Lipinski definition) is 5. The van der Waals surface area contributed by atoms with E-state index in [2.05, 4.69) is 9.97 Å². The van der Waals surface area contributed by atoms with Crippen molar-refractivity contribution >= 4 is 37.0 Å². The van der Waals surface area contributed by atoms with Gasteiger partial charge in [0, 0.05) is 0 Å². The van der Waals surface area contributed by atoms with E-state index in [1.165, 1.54) is 6.07 Å². The van der Waals surface area contributed by atoms with Crippen LogP contribution in [0, 0.1) is 0 Å². The number of rotatable bonds is 5. The van der Waals surface area contributed by atoms with Gasteiger partial charge in [0.15, 0.2) is 11.5 Å². The Morgan fingerprint density at radius 1 is 1.07 bits per heavy atom. The van der Waals surface area contributed by atoms with Gasteiger partial charge in [-0.2, -0.15) is 0 Å². The maximum atomic E-state index is 11.2.